The second kappa shape index (κ2) is 14.5. The number of hydrogen-bond acceptors (Lipinski definition) is 8. The number of carboxylic acid groups (broad SMARTS) is 1. The van der Waals surface area contributed by atoms with E-state index in [0.29, 0.717) is 17.3 Å². The fraction of sp³-hybridized carbons (Fsp3) is 0.241. The molecule has 2 aromatic carbocycles. The van der Waals surface area contributed by atoms with Crippen molar-refractivity contribution >= 4 is 35.6 Å². The van der Waals surface area contributed by atoms with Crippen LogP contribution >= 0.6 is 11.8 Å². The van der Waals surface area contributed by atoms with Crippen molar-refractivity contribution in [2.45, 2.75) is 30.5 Å². The van der Waals surface area contributed by atoms with Crippen LogP contribution in [0, 0.1) is 0 Å². The van der Waals surface area contributed by atoms with E-state index in [-0.39, 0.29) is 5.56 Å². The maximum Gasteiger partial charge on any atom is 0.335 e. The van der Waals surface area contributed by atoms with Crippen molar-refractivity contribution in [3.8, 4) is 28.4 Å². The maximum atomic E-state index is 11.3. The molecule has 0 aliphatic carbocycles. The number of alkyl halides is 2. The summed E-state index contributed by atoms with van der Waals surface area (Å²) in [5.74, 6) is 0.0321. The first kappa shape index (κ1) is 31.4. The van der Waals surface area contributed by atoms with E-state index in [1.807, 2.05) is 35.6 Å². The van der Waals surface area contributed by atoms with Crippen molar-refractivity contribution in [3.63, 3.8) is 0 Å². The Hall–Kier alpha value is -4.13. The highest BCUT2D eigenvalue weighted by Crippen LogP contribution is 2.39. The minimum absolute atomic E-state index is 0.222. The average molecular weight is 586 g/mol. The van der Waals surface area contributed by atoms with Crippen LogP contribution in [-0.2, 0) is 10.5 Å². The molecule has 0 atom stereocenters. The summed E-state index contributed by atoms with van der Waals surface area (Å²) < 4.78 is 37.9. The van der Waals surface area contributed by atoms with Gasteiger partial charge in [0.1, 0.15) is 28.6 Å². The zero-order chi connectivity index (χ0) is 30.0. The van der Waals surface area contributed by atoms with Gasteiger partial charge >= 0.3 is 5.97 Å². The lowest BCUT2D eigenvalue weighted by molar-refractivity contribution is -0.432. The summed E-state index contributed by atoms with van der Waals surface area (Å²) in [7, 11) is 4.87. The molecule has 3 N–H and O–H groups in total. The number of aromatic nitrogens is 2. The number of aromatic carboxylic acids is 1. The number of halogens is 2. The number of carbonyl (C=O) groups is 1. The minimum Gasteiger partial charge on any atom is -0.497 e. The van der Waals surface area contributed by atoms with E-state index >= 15 is 0 Å². The fourth-order valence-corrected chi connectivity index (χ4v) is 4.44. The van der Waals surface area contributed by atoms with Gasteiger partial charge < -0.3 is 19.0 Å². The van der Waals surface area contributed by atoms with Gasteiger partial charge in [-0.25, -0.2) is 18.6 Å². The topological polar surface area (TPSA) is 124 Å². The van der Waals surface area contributed by atoms with Gasteiger partial charge in [0.25, 0.3) is 5.82 Å². The number of methoxy groups -OCH3 is 2. The Morgan fingerprint density at radius 3 is 2.37 bits per heavy atom. The molecule has 4 aromatic rings. The summed E-state index contributed by atoms with van der Waals surface area (Å²) in [6.45, 7) is 1.71. The Morgan fingerprint density at radius 2 is 1.73 bits per heavy atom. The molecule has 1 aliphatic heterocycles. The predicted molar refractivity (Wildman–Crippen MR) is 154 cm³/mol. The molecular formula is C29H31F2N4O5S+. The van der Waals surface area contributed by atoms with Crippen molar-refractivity contribution < 1.29 is 37.9 Å². The van der Waals surface area contributed by atoms with E-state index in [0.717, 1.165) is 52.8 Å². The number of quaternary nitrogens is 1. The molecule has 0 radical (unpaired) electrons. The average Bonchev–Trinajstić information content (AvgIpc) is 3.59. The molecule has 216 valence electrons. The van der Waals surface area contributed by atoms with Crippen LogP contribution in [0.2, 0.25) is 0 Å². The van der Waals surface area contributed by atoms with Gasteiger partial charge in [-0.3, -0.25) is 5.32 Å². The Bertz CT molecular complexity index is 1480. The molecule has 12 heteroatoms. The van der Waals surface area contributed by atoms with E-state index in [9.17, 15) is 18.7 Å². The van der Waals surface area contributed by atoms with Gasteiger partial charge in [0.05, 0.1) is 12.7 Å². The number of nitrogens with zero attached hydrogens (tertiary/aromatic N) is 3. The molecule has 0 unspecified atom stereocenters. The number of aliphatic imine (C=N–C) groups is 1. The van der Waals surface area contributed by atoms with Crippen LogP contribution in [0.15, 0.2) is 75.4 Å². The Labute approximate surface area is 240 Å². The van der Waals surface area contributed by atoms with Crippen molar-refractivity contribution in [3.05, 3.63) is 72.1 Å². The standard InChI is InChI=1S/C24H18N4O4S.C3H6F2.C2H6O/c1-31-18-4-2-3-16(9-18)19-10-17(11-33-23-20-22(26-12-25-20)27-13-28-23)21(32-19)14-5-7-15(8-6-14)24(29)30;1-3(2,4)5;1-3-2/h2-10,12-13H,11H2,1H3,(H,29,30)(H,25,26,27,28);1-2H3;1-2H3/p+1. The van der Waals surface area contributed by atoms with Crippen LogP contribution in [0.5, 0.6) is 5.75 Å². The molecule has 5 rings (SSSR count). The van der Waals surface area contributed by atoms with Crippen LogP contribution in [0.4, 0.5) is 20.3 Å². The SMILES string of the molecule is CC(C)(F)F.COC.COc1cccc(-c2cc(CSc3ncnc4c3N=C[NH2+]4)c(-c3ccc(C(=O)O)cc3)o2)c1. The lowest BCUT2D eigenvalue weighted by Crippen LogP contribution is -2.74. The van der Waals surface area contributed by atoms with Gasteiger partial charge in [-0.15, -0.1) is 0 Å². The highest BCUT2D eigenvalue weighted by molar-refractivity contribution is 7.98. The smallest absolute Gasteiger partial charge is 0.335 e. The highest BCUT2D eigenvalue weighted by Gasteiger charge is 2.21. The zero-order valence-electron chi connectivity index (χ0n) is 23.2. The Morgan fingerprint density at radius 1 is 1.05 bits per heavy atom. The molecule has 0 spiro atoms. The van der Waals surface area contributed by atoms with E-state index < -0.39 is 11.9 Å². The first-order chi connectivity index (χ1) is 19.5. The molecule has 9 nitrogen and oxygen atoms in total. The number of carboxylic acids is 1. The van der Waals surface area contributed by atoms with Crippen LogP contribution in [0.1, 0.15) is 29.8 Å². The van der Waals surface area contributed by atoms with Crippen molar-refractivity contribution in [1.29, 1.82) is 0 Å². The molecule has 0 saturated carbocycles. The second-order valence-electron chi connectivity index (χ2n) is 8.96. The Balaban J connectivity index is 0.000000515. The van der Waals surface area contributed by atoms with Crippen molar-refractivity contribution in [2.24, 2.45) is 4.99 Å². The van der Waals surface area contributed by atoms with Crippen LogP contribution in [0.3, 0.4) is 0 Å². The van der Waals surface area contributed by atoms with E-state index in [4.69, 9.17) is 9.15 Å². The lowest BCUT2D eigenvalue weighted by atomic mass is 10.1. The number of fused-ring (bicyclic) bond motifs is 1. The summed E-state index contributed by atoms with van der Waals surface area (Å²) in [5.41, 5.74) is 3.63. The Kier molecular flexibility index (Phi) is 11.1. The van der Waals surface area contributed by atoms with Gasteiger partial charge in [-0.2, -0.15) is 9.98 Å². The van der Waals surface area contributed by atoms with Crippen molar-refractivity contribution in [2.75, 3.05) is 21.3 Å². The summed E-state index contributed by atoms with van der Waals surface area (Å²) in [6.07, 6.45) is 3.26. The molecule has 41 heavy (non-hydrogen) atoms. The number of hydrogen-bond donors (Lipinski definition) is 2. The third-order valence-corrected chi connectivity index (χ3v) is 6.20. The number of nitrogens with two attached hydrogens (primary N) is 1. The summed E-state index contributed by atoms with van der Waals surface area (Å²) in [5, 5.41) is 11.9. The van der Waals surface area contributed by atoms with Crippen LogP contribution in [0.25, 0.3) is 22.6 Å². The zero-order valence-corrected chi connectivity index (χ0v) is 24.0. The summed E-state index contributed by atoms with van der Waals surface area (Å²) in [4.78, 5) is 24.3. The van der Waals surface area contributed by atoms with E-state index in [2.05, 4.69) is 19.7 Å². The first-order valence-electron chi connectivity index (χ1n) is 12.3. The fourth-order valence-electron chi connectivity index (χ4n) is 3.52. The molecular weight excluding hydrogens is 554 g/mol. The summed E-state index contributed by atoms with van der Waals surface area (Å²) in [6, 6.07) is 16.3. The molecule has 0 fully saturated rings. The molecule has 3 heterocycles. The third-order valence-electron chi connectivity index (χ3n) is 5.17. The second-order valence-corrected chi connectivity index (χ2v) is 9.93. The number of benzene rings is 2. The highest BCUT2D eigenvalue weighted by atomic mass is 32.2. The minimum atomic E-state index is -2.50. The van der Waals surface area contributed by atoms with Crippen LogP contribution < -0.4 is 10.1 Å². The monoisotopic (exact) mass is 585 g/mol. The van der Waals surface area contributed by atoms with E-state index in [1.54, 1.807) is 63.7 Å². The van der Waals surface area contributed by atoms with Crippen LogP contribution in [-0.4, -0.2) is 54.6 Å². The van der Waals surface area contributed by atoms with Crippen molar-refractivity contribution in [1.82, 2.24) is 9.97 Å². The normalized spacial score (nSPS) is 11.6. The number of rotatable bonds is 7. The number of furan rings is 1. The molecule has 0 bridgehead atoms. The third kappa shape index (κ3) is 9.20. The lowest BCUT2D eigenvalue weighted by Gasteiger charge is -2.05. The quantitative estimate of drug-likeness (QED) is 0.194. The van der Waals surface area contributed by atoms with Gasteiger partial charge in [-0.1, -0.05) is 36.0 Å². The van der Waals surface area contributed by atoms with Gasteiger partial charge in [0, 0.05) is 36.7 Å². The first-order valence-corrected chi connectivity index (χ1v) is 13.3. The number of ether oxygens (including phenoxy) is 2. The predicted octanol–water partition coefficient (Wildman–Crippen LogP) is 6.20. The van der Waals surface area contributed by atoms with Gasteiger partial charge in [0.2, 0.25) is 5.92 Å². The molecule has 1 aliphatic rings. The molecule has 2 aromatic heterocycles. The molecule has 0 amide bonds. The maximum absolute atomic E-state index is 11.3. The molecule has 0 saturated heterocycles. The number of thioether (sulfide) groups is 1. The van der Waals surface area contributed by atoms with Gasteiger partial charge in [-0.05, 0) is 44.2 Å². The van der Waals surface area contributed by atoms with E-state index in [1.165, 1.54) is 6.33 Å². The van der Waals surface area contributed by atoms with Gasteiger partial charge in [0.15, 0.2) is 12.0 Å². The largest absolute Gasteiger partial charge is 0.497 e. The summed E-state index contributed by atoms with van der Waals surface area (Å²) >= 11 is 1.55.